The second-order valence-corrected chi connectivity index (χ2v) is 4.71. The minimum absolute atomic E-state index is 0.846. The van der Waals surface area contributed by atoms with Crippen LogP contribution in [0.25, 0.3) is 0 Å². The van der Waals surface area contributed by atoms with Gasteiger partial charge in [-0.15, -0.1) is 0 Å². The zero-order chi connectivity index (χ0) is 13.4. The Morgan fingerprint density at radius 2 is 1.17 bits per heavy atom. The Bertz CT molecular complexity index is 469. The quantitative estimate of drug-likeness (QED) is 0.873. The number of amides is 1. The molecule has 3 N–H and O–H groups in total. The van der Waals surface area contributed by atoms with Crippen molar-refractivity contribution < 1.29 is 14.1 Å². The first kappa shape index (κ1) is 13.9. The normalized spacial score (nSPS) is 9.39. The molecule has 4 nitrogen and oxygen atoms in total. The van der Waals surface area contributed by atoms with Crippen LogP contribution in [0.2, 0.25) is 0 Å². The zero-order valence-electron chi connectivity index (χ0n) is 9.52. The van der Waals surface area contributed by atoms with Gasteiger partial charge >= 0.3 is 6.09 Å². The lowest BCUT2D eigenvalue weighted by atomic mass is 10.4. The fourth-order valence-electron chi connectivity index (χ4n) is 1.22. The average molecular weight is 263 g/mol. The predicted octanol–water partition coefficient (Wildman–Crippen LogP) is 2.48. The zero-order valence-corrected chi connectivity index (χ0v) is 10.3. The van der Waals surface area contributed by atoms with Gasteiger partial charge in [0.15, 0.2) is 0 Å². The number of hydrogen-bond donors (Lipinski definition) is 2. The molecule has 0 saturated carbocycles. The Kier molecular flexibility index (Phi) is 5.60. The van der Waals surface area contributed by atoms with Gasteiger partial charge in [0.2, 0.25) is 0 Å². The number of primary amides is 1. The van der Waals surface area contributed by atoms with Gasteiger partial charge in [-0.25, -0.2) is 9.00 Å². The van der Waals surface area contributed by atoms with Crippen LogP contribution in [0, 0.1) is 0 Å². The maximum absolute atomic E-state index is 12.0. The van der Waals surface area contributed by atoms with E-state index in [1.807, 2.05) is 60.7 Å². The van der Waals surface area contributed by atoms with Gasteiger partial charge < -0.3 is 10.8 Å². The molecule has 94 valence electrons. The number of carboxylic acid groups (broad SMARTS) is 1. The number of hydrogen-bond acceptors (Lipinski definition) is 2. The molecular formula is C13H13NO3S. The van der Waals surface area contributed by atoms with Gasteiger partial charge in [-0.05, 0) is 24.3 Å². The summed E-state index contributed by atoms with van der Waals surface area (Å²) >= 11 is 0. The van der Waals surface area contributed by atoms with E-state index in [-0.39, 0.29) is 0 Å². The number of rotatable bonds is 2. The molecule has 0 saturated heterocycles. The molecular weight excluding hydrogens is 250 g/mol. The minimum Gasteiger partial charge on any atom is -0.465 e. The lowest BCUT2D eigenvalue weighted by Crippen LogP contribution is -2.03. The third kappa shape index (κ3) is 4.80. The molecule has 0 aliphatic heterocycles. The third-order valence-electron chi connectivity index (χ3n) is 1.91. The molecule has 0 radical (unpaired) electrons. The lowest BCUT2D eigenvalue weighted by Gasteiger charge is -2.00. The van der Waals surface area contributed by atoms with E-state index in [0.29, 0.717) is 0 Å². The Hall–Kier alpha value is -2.14. The van der Waals surface area contributed by atoms with Crippen LogP contribution in [0.4, 0.5) is 4.79 Å². The van der Waals surface area contributed by atoms with Crippen molar-refractivity contribution in [1.29, 1.82) is 0 Å². The summed E-state index contributed by atoms with van der Waals surface area (Å²) in [6.45, 7) is 0. The van der Waals surface area contributed by atoms with Crippen LogP contribution in [0.1, 0.15) is 0 Å². The van der Waals surface area contributed by atoms with E-state index in [4.69, 9.17) is 9.90 Å². The topological polar surface area (TPSA) is 80.4 Å². The van der Waals surface area contributed by atoms with Gasteiger partial charge in [0.1, 0.15) is 0 Å². The highest BCUT2D eigenvalue weighted by Crippen LogP contribution is 2.14. The molecule has 5 heteroatoms. The summed E-state index contributed by atoms with van der Waals surface area (Å²) in [5.41, 5.74) is 4.03. The highest BCUT2D eigenvalue weighted by atomic mass is 32.2. The molecule has 0 aliphatic carbocycles. The smallest absolute Gasteiger partial charge is 0.402 e. The third-order valence-corrected chi connectivity index (χ3v) is 3.32. The van der Waals surface area contributed by atoms with E-state index in [1.165, 1.54) is 0 Å². The van der Waals surface area contributed by atoms with Crippen LogP contribution in [0.3, 0.4) is 0 Å². The number of benzene rings is 2. The van der Waals surface area contributed by atoms with Crippen molar-refractivity contribution in [2.75, 3.05) is 0 Å². The van der Waals surface area contributed by atoms with E-state index in [9.17, 15) is 4.21 Å². The summed E-state index contributed by atoms with van der Waals surface area (Å²) in [6, 6.07) is 19.0. The van der Waals surface area contributed by atoms with Crippen LogP contribution in [0.15, 0.2) is 70.5 Å². The van der Waals surface area contributed by atoms with Crippen molar-refractivity contribution in [2.24, 2.45) is 5.73 Å². The minimum atomic E-state index is -1.33. The fourth-order valence-corrected chi connectivity index (χ4v) is 2.31. The van der Waals surface area contributed by atoms with E-state index < -0.39 is 16.9 Å². The summed E-state index contributed by atoms with van der Waals surface area (Å²) in [5, 5.41) is 7.19. The summed E-state index contributed by atoms with van der Waals surface area (Å²) in [4.78, 5) is 10.5. The number of carbonyl (C=O) groups is 1. The molecule has 0 heterocycles. The standard InChI is InChI=1S/C12H10OS.CH3NO2/c13-14(11-7-3-1-4-8-11)12-9-5-2-6-10-12;2-1(3)4/h1-10H;2H2,(H,3,4). The highest BCUT2D eigenvalue weighted by molar-refractivity contribution is 7.85. The van der Waals surface area contributed by atoms with Crippen molar-refractivity contribution in [1.82, 2.24) is 0 Å². The van der Waals surface area contributed by atoms with Crippen LogP contribution in [0.5, 0.6) is 0 Å². The average Bonchev–Trinajstić information content (AvgIpc) is 2.39. The van der Waals surface area contributed by atoms with Crippen molar-refractivity contribution in [3.8, 4) is 0 Å². The highest BCUT2D eigenvalue weighted by Gasteiger charge is 2.04. The second-order valence-electron chi connectivity index (χ2n) is 3.23. The van der Waals surface area contributed by atoms with Gasteiger partial charge in [-0.1, -0.05) is 36.4 Å². The summed E-state index contributed by atoms with van der Waals surface area (Å²) < 4.78 is 12.0. The van der Waals surface area contributed by atoms with Gasteiger partial charge in [-0.3, -0.25) is 0 Å². The summed E-state index contributed by atoms with van der Waals surface area (Å²) in [7, 11) is -1.05. The molecule has 0 aromatic heterocycles. The Morgan fingerprint density at radius 3 is 1.44 bits per heavy atom. The molecule has 2 rings (SSSR count). The fraction of sp³-hybridized carbons (Fsp3) is 0. The van der Waals surface area contributed by atoms with Crippen molar-refractivity contribution in [3.63, 3.8) is 0 Å². The van der Waals surface area contributed by atoms with Crippen LogP contribution >= 0.6 is 0 Å². The van der Waals surface area contributed by atoms with Crippen LogP contribution < -0.4 is 5.73 Å². The van der Waals surface area contributed by atoms with Crippen molar-refractivity contribution in [2.45, 2.75) is 9.79 Å². The largest absolute Gasteiger partial charge is 0.465 e. The maximum atomic E-state index is 12.0. The molecule has 0 atom stereocenters. The van der Waals surface area contributed by atoms with Gasteiger partial charge in [0, 0.05) is 9.79 Å². The SMILES string of the molecule is NC(=O)O.O=S(c1ccccc1)c1ccccc1. The molecule has 2 aromatic carbocycles. The monoisotopic (exact) mass is 263 g/mol. The molecule has 0 spiro atoms. The molecule has 0 fully saturated rings. The van der Waals surface area contributed by atoms with E-state index in [2.05, 4.69) is 5.73 Å². The Balaban J connectivity index is 0.000000357. The van der Waals surface area contributed by atoms with Gasteiger partial charge in [-0.2, -0.15) is 0 Å². The molecule has 18 heavy (non-hydrogen) atoms. The Morgan fingerprint density at radius 1 is 0.889 bits per heavy atom. The first-order chi connectivity index (χ1) is 8.61. The first-order valence-electron chi connectivity index (χ1n) is 5.11. The first-order valence-corrected chi connectivity index (χ1v) is 6.26. The van der Waals surface area contributed by atoms with Gasteiger partial charge in [0.05, 0.1) is 10.8 Å². The Labute approximate surface area is 108 Å². The van der Waals surface area contributed by atoms with Crippen molar-refractivity contribution in [3.05, 3.63) is 60.7 Å². The lowest BCUT2D eigenvalue weighted by molar-refractivity contribution is 0.205. The molecule has 0 aliphatic rings. The van der Waals surface area contributed by atoms with Gasteiger partial charge in [0.25, 0.3) is 0 Å². The molecule has 2 aromatic rings. The predicted molar refractivity (Wildman–Crippen MR) is 69.8 cm³/mol. The van der Waals surface area contributed by atoms with Crippen molar-refractivity contribution >= 4 is 16.9 Å². The molecule has 1 amide bonds. The summed E-state index contributed by atoms with van der Waals surface area (Å²) in [5.74, 6) is 0. The van der Waals surface area contributed by atoms with E-state index in [0.717, 1.165) is 9.79 Å². The maximum Gasteiger partial charge on any atom is 0.402 e. The molecule has 0 unspecified atom stereocenters. The van der Waals surface area contributed by atoms with Crippen LogP contribution in [-0.4, -0.2) is 15.4 Å². The van der Waals surface area contributed by atoms with Crippen LogP contribution in [-0.2, 0) is 10.8 Å². The van der Waals surface area contributed by atoms with E-state index >= 15 is 0 Å². The summed E-state index contributed by atoms with van der Waals surface area (Å²) in [6.07, 6.45) is -1.33. The second kappa shape index (κ2) is 7.24. The molecule has 0 bridgehead atoms. The number of nitrogens with two attached hydrogens (primary N) is 1. The van der Waals surface area contributed by atoms with E-state index in [1.54, 1.807) is 0 Å².